The van der Waals surface area contributed by atoms with Crippen LogP contribution in [0.3, 0.4) is 0 Å². The van der Waals surface area contributed by atoms with E-state index in [0.717, 1.165) is 12.1 Å². The standard InChI is InChI=1S/C11H8BrF2NO/c12-6-4-7(13)10(8(14)5-6)11(16)9-2-1-3-15-9/h1-5,11,15-16H. The van der Waals surface area contributed by atoms with Gasteiger partial charge in [0.25, 0.3) is 0 Å². The topological polar surface area (TPSA) is 36.0 Å². The normalized spacial score (nSPS) is 12.8. The van der Waals surface area contributed by atoms with E-state index in [1.54, 1.807) is 18.3 Å². The van der Waals surface area contributed by atoms with Crippen molar-refractivity contribution in [1.29, 1.82) is 0 Å². The molecule has 1 aromatic carbocycles. The first kappa shape index (κ1) is 11.3. The Labute approximate surface area is 99.1 Å². The van der Waals surface area contributed by atoms with Gasteiger partial charge in [0.1, 0.15) is 17.7 Å². The van der Waals surface area contributed by atoms with Crippen LogP contribution in [-0.4, -0.2) is 10.1 Å². The molecule has 0 aliphatic rings. The fourth-order valence-corrected chi connectivity index (χ4v) is 1.89. The van der Waals surface area contributed by atoms with E-state index < -0.39 is 17.7 Å². The molecule has 84 valence electrons. The summed E-state index contributed by atoms with van der Waals surface area (Å²) in [7, 11) is 0. The zero-order valence-corrected chi connectivity index (χ0v) is 9.63. The Balaban J connectivity index is 2.48. The molecular weight excluding hydrogens is 280 g/mol. The van der Waals surface area contributed by atoms with E-state index >= 15 is 0 Å². The average molecular weight is 288 g/mol. The zero-order valence-electron chi connectivity index (χ0n) is 8.05. The highest BCUT2D eigenvalue weighted by molar-refractivity contribution is 9.10. The van der Waals surface area contributed by atoms with Gasteiger partial charge in [0, 0.05) is 16.4 Å². The SMILES string of the molecule is OC(c1ccc[nH]1)c1c(F)cc(Br)cc1F. The third-order valence-corrected chi connectivity index (χ3v) is 2.69. The number of halogens is 3. The maximum atomic E-state index is 13.5. The van der Waals surface area contributed by atoms with Gasteiger partial charge in [-0.25, -0.2) is 8.78 Å². The third-order valence-electron chi connectivity index (χ3n) is 2.23. The number of hydrogen-bond acceptors (Lipinski definition) is 1. The number of H-pyrrole nitrogens is 1. The van der Waals surface area contributed by atoms with Gasteiger partial charge in [-0.3, -0.25) is 0 Å². The van der Waals surface area contributed by atoms with Gasteiger partial charge in [-0.2, -0.15) is 0 Å². The second-order valence-electron chi connectivity index (χ2n) is 3.31. The fourth-order valence-electron chi connectivity index (χ4n) is 1.48. The molecule has 1 aromatic heterocycles. The highest BCUT2D eigenvalue weighted by atomic mass is 79.9. The van der Waals surface area contributed by atoms with E-state index in [0.29, 0.717) is 10.2 Å². The first-order valence-corrected chi connectivity index (χ1v) is 5.34. The van der Waals surface area contributed by atoms with Crippen LogP contribution >= 0.6 is 15.9 Å². The highest BCUT2D eigenvalue weighted by Gasteiger charge is 2.20. The number of aromatic amines is 1. The molecule has 0 radical (unpaired) electrons. The maximum absolute atomic E-state index is 13.5. The van der Waals surface area contributed by atoms with Crippen molar-refractivity contribution in [3.8, 4) is 0 Å². The zero-order chi connectivity index (χ0) is 11.7. The number of aliphatic hydroxyl groups is 1. The van der Waals surface area contributed by atoms with Gasteiger partial charge in [-0.05, 0) is 24.3 Å². The van der Waals surface area contributed by atoms with Crippen LogP contribution in [0.4, 0.5) is 8.78 Å². The second-order valence-corrected chi connectivity index (χ2v) is 4.23. The minimum absolute atomic E-state index is 0.296. The summed E-state index contributed by atoms with van der Waals surface area (Å²) in [5.41, 5.74) is -0.00854. The van der Waals surface area contributed by atoms with Crippen molar-refractivity contribution in [3.63, 3.8) is 0 Å². The molecule has 2 N–H and O–H groups in total. The second kappa shape index (κ2) is 4.35. The molecule has 0 amide bonds. The summed E-state index contributed by atoms with van der Waals surface area (Å²) < 4.78 is 27.3. The largest absolute Gasteiger partial charge is 0.382 e. The van der Waals surface area contributed by atoms with Crippen LogP contribution in [0, 0.1) is 11.6 Å². The molecule has 1 heterocycles. The van der Waals surface area contributed by atoms with Gasteiger partial charge in [-0.15, -0.1) is 0 Å². The summed E-state index contributed by atoms with van der Waals surface area (Å²) >= 11 is 2.98. The quantitative estimate of drug-likeness (QED) is 0.875. The summed E-state index contributed by atoms with van der Waals surface area (Å²) in [4.78, 5) is 2.71. The lowest BCUT2D eigenvalue weighted by Crippen LogP contribution is -2.06. The van der Waals surface area contributed by atoms with E-state index in [1.165, 1.54) is 0 Å². The van der Waals surface area contributed by atoms with Gasteiger partial charge < -0.3 is 10.1 Å². The molecule has 2 aromatic rings. The fraction of sp³-hybridized carbons (Fsp3) is 0.0909. The minimum Gasteiger partial charge on any atom is -0.382 e. The van der Waals surface area contributed by atoms with Crippen molar-refractivity contribution in [2.24, 2.45) is 0 Å². The molecule has 1 atom stereocenters. The Hall–Kier alpha value is -1.20. The van der Waals surface area contributed by atoms with Gasteiger partial charge in [0.2, 0.25) is 0 Å². The summed E-state index contributed by atoms with van der Waals surface area (Å²) in [5, 5.41) is 9.81. The molecule has 16 heavy (non-hydrogen) atoms. The maximum Gasteiger partial charge on any atom is 0.133 e. The lowest BCUT2D eigenvalue weighted by molar-refractivity contribution is 0.205. The Morgan fingerprint density at radius 1 is 1.25 bits per heavy atom. The predicted octanol–water partition coefficient (Wildman–Crippen LogP) is 3.14. The van der Waals surface area contributed by atoms with Crippen LogP contribution in [-0.2, 0) is 0 Å². The number of aromatic nitrogens is 1. The molecule has 5 heteroatoms. The monoisotopic (exact) mass is 287 g/mol. The average Bonchev–Trinajstić information content (AvgIpc) is 2.67. The molecule has 2 nitrogen and oxygen atoms in total. The smallest absolute Gasteiger partial charge is 0.133 e. The van der Waals surface area contributed by atoms with Crippen molar-refractivity contribution in [1.82, 2.24) is 4.98 Å². The number of benzene rings is 1. The molecule has 0 saturated heterocycles. The van der Waals surface area contributed by atoms with Crippen molar-refractivity contribution < 1.29 is 13.9 Å². The molecule has 0 saturated carbocycles. The Bertz CT molecular complexity index is 476. The van der Waals surface area contributed by atoms with Crippen molar-refractivity contribution in [3.05, 3.63) is 57.8 Å². The van der Waals surface area contributed by atoms with Gasteiger partial charge in [0.15, 0.2) is 0 Å². The van der Waals surface area contributed by atoms with E-state index in [9.17, 15) is 13.9 Å². The molecule has 0 fully saturated rings. The summed E-state index contributed by atoms with van der Waals surface area (Å²) in [5.74, 6) is -1.57. The van der Waals surface area contributed by atoms with E-state index in [2.05, 4.69) is 20.9 Å². The Morgan fingerprint density at radius 2 is 1.88 bits per heavy atom. The predicted molar refractivity (Wildman–Crippen MR) is 58.9 cm³/mol. The summed E-state index contributed by atoms with van der Waals surface area (Å²) in [6.45, 7) is 0. The molecular formula is C11H8BrF2NO. The molecule has 0 aliphatic heterocycles. The van der Waals surface area contributed by atoms with Crippen LogP contribution in [0.5, 0.6) is 0 Å². The van der Waals surface area contributed by atoms with Crippen molar-refractivity contribution >= 4 is 15.9 Å². The molecule has 2 rings (SSSR count). The van der Waals surface area contributed by atoms with Gasteiger partial charge >= 0.3 is 0 Å². The molecule has 0 aliphatic carbocycles. The number of hydrogen-bond donors (Lipinski definition) is 2. The Kier molecular flexibility index (Phi) is 3.07. The number of aliphatic hydroxyl groups excluding tert-OH is 1. The highest BCUT2D eigenvalue weighted by Crippen LogP contribution is 2.28. The summed E-state index contributed by atoms with van der Waals surface area (Å²) in [6.07, 6.45) is 0.246. The van der Waals surface area contributed by atoms with Gasteiger partial charge in [-0.1, -0.05) is 15.9 Å². The minimum atomic E-state index is -1.33. The van der Waals surface area contributed by atoms with Crippen LogP contribution < -0.4 is 0 Å². The van der Waals surface area contributed by atoms with Crippen LogP contribution in [0.15, 0.2) is 34.9 Å². The first-order valence-electron chi connectivity index (χ1n) is 4.55. The first-order chi connectivity index (χ1) is 7.59. The Morgan fingerprint density at radius 3 is 2.38 bits per heavy atom. The summed E-state index contributed by atoms with van der Waals surface area (Å²) in [6, 6.07) is 5.44. The third kappa shape index (κ3) is 2.01. The lowest BCUT2D eigenvalue weighted by atomic mass is 10.1. The van der Waals surface area contributed by atoms with Crippen molar-refractivity contribution in [2.45, 2.75) is 6.10 Å². The van der Waals surface area contributed by atoms with Crippen LogP contribution in [0.2, 0.25) is 0 Å². The van der Waals surface area contributed by atoms with E-state index in [-0.39, 0.29) is 5.56 Å². The molecule has 0 bridgehead atoms. The van der Waals surface area contributed by atoms with Gasteiger partial charge in [0.05, 0.1) is 5.56 Å². The molecule has 0 spiro atoms. The number of rotatable bonds is 2. The van der Waals surface area contributed by atoms with Crippen molar-refractivity contribution in [2.75, 3.05) is 0 Å². The van der Waals surface area contributed by atoms with E-state index in [1.807, 2.05) is 0 Å². The molecule has 1 unspecified atom stereocenters. The van der Waals surface area contributed by atoms with E-state index in [4.69, 9.17) is 0 Å². The lowest BCUT2D eigenvalue weighted by Gasteiger charge is -2.11. The van der Waals surface area contributed by atoms with Crippen LogP contribution in [0.1, 0.15) is 17.4 Å². The van der Waals surface area contributed by atoms with Crippen LogP contribution in [0.25, 0.3) is 0 Å². The number of nitrogens with one attached hydrogen (secondary N) is 1.